The highest BCUT2D eigenvalue weighted by Crippen LogP contribution is 2.26. The Morgan fingerprint density at radius 2 is 2.24 bits per heavy atom. The van der Waals surface area contributed by atoms with Crippen LogP contribution < -0.4 is 11.1 Å². The zero-order chi connectivity index (χ0) is 12.3. The fourth-order valence-electron chi connectivity index (χ4n) is 2.52. The highest BCUT2D eigenvalue weighted by Gasteiger charge is 2.19. The van der Waals surface area contributed by atoms with Crippen LogP contribution in [0.4, 0.5) is 11.6 Å². The maximum atomic E-state index is 5.78. The van der Waals surface area contributed by atoms with E-state index >= 15 is 0 Å². The van der Waals surface area contributed by atoms with Crippen molar-refractivity contribution in [2.45, 2.75) is 52.0 Å². The molecule has 0 spiro atoms. The number of nitrogens with zero attached hydrogens (tertiary/aromatic N) is 2. The van der Waals surface area contributed by atoms with Gasteiger partial charge in [-0.15, -0.1) is 0 Å². The third-order valence-corrected chi connectivity index (χ3v) is 3.40. The third-order valence-electron chi connectivity index (χ3n) is 3.40. The van der Waals surface area contributed by atoms with Crippen molar-refractivity contribution in [1.29, 1.82) is 0 Å². The molecular weight excluding hydrogens is 212 g/mol. The van der Waals surface area contributed by atoms with E-state index in [1.807, 2.05) is 13.0 Å². The van der Waals surface area contributed by atoms with Gasteiger partial charge in [0, 0.05) is 18.5 Å². The molecule has 1 fully saturated rings. The number of nitrogen functional groups attached to an aromatic ring is 1. The van der Waals surface area contributed by atoms with E-state index in [0.29, 0.717) is 11.9 Å². The third kappa shape index (κ3) is 3.32. The molecule has 1 heterocycles. The fraction of sp³-hybridized carbons (Fsp3) is 0.692. The van der Waals surface area contributed by atoms with Crippen LogP contribution in [-0.2, 0) is 6.42 Å². The quantitative estimate of drug-likeness (QED) is 0.843. The van der Waals surface area contributed by atoms with Crippen molar-refractivity contribution >= 4 is 11.6 Å². The van der Waals surface area contributed by atoms with Crippen molar-refractivity contribution in [2.75, 3.05) is 11.1 Å². The van der Waals surface area contributed by atoms with Crippen molar-refractivity contribution < 1.29 is 0 Å². The van der Waals surface area contributed by atoms with Crippen molar-refractivity contribution in [3.05, 3.63) is 11.9 Å². The van der Waals surface area contributed by atoms with Gasteiger partial charge >= 0.3 is 0 Å². The summed E-state index contributed by atoms with van der Waals surface area (Å²) in [7, 11) is 0. The highest BCUT2D eigenvalue weighted by molar-refractivity contribution is 5.45. The largest absolute Gasteiger partial charge is 0.384 e. The predicted octanol–water partition coefficient (Wildman–Crippen LogP) is 2.61. The standard InChI is InChI=1S/C13H22N4/c1-3-12-16-11(14)8-13(17-12)15-10-6-4-5-9(2)7-10/h8-10H,3-7H2,1-2H3,(H3,14,15,16,17). The molecule has 1 aromatic heterocycles. The second kappa shape index (κ2) is 5.34. The van der Waals surface area contributed by atoms with E-state index in [0.717, 1.165) is 24.0 Å². The van der Waals surface area contributed by atoms with Crippen LogP contribution in [0.15, 0.2) is 6.07 Å². The molecule has 0 amide bonds. The summed E-state index contributed by atoms with van der Waals surface area (Å²) in [6, 6.07) is 2.37. The van der Waals surface area contributed by atoms with E-state index in [9.17, 15) is 0 Å². The Labute approximate surface area is 103 Å². The summed E-state index contributed by atoms with van der Waals surface area (Å²) >= 11 is 0. The average molecular weight is 234 g/mol. The number of anilines is 2. The molecule has 0 radical (unpaired) electrons. The fourth-order valence-corrected chi connectivity index (χ4v) is 2.52. The minimum absolute atomic E-state index is 0.540. The van der Waals surface area contributed by atoms with Crippen molar-refractivity contribution in [1.82, 2.24) is 9.97 Å². The van der Waals surface area contributed by atoms with Gasteiger partial charge in [-0.3, -0.25) is 0 Å². The van der Waals surface area contributed by atoms with E-state index in [1.54, 1.807) is 0 Å². The van der Waals surface area contributed by atoms with E-state index in [2.05, 4.69) is 22.2 Å². The second-order valence-electron chi connectivity index (χ2n) is 5.06. The van der Waals surface area contributed by atoms with Crippen LogP contribution in [0, 0.1) is 5.92 Å². The Balaban J connectivity index is 2.04. The maximum Gasteiger partial charge on any atom is 0.132 e. The van der Waals surface area contributed by atoms with Gasteiger partial charge in [0.1, 0.15) is 17.5 Å². The molecule has 1 aliphatic rings. The molecule has 4 nitrogen and oxygen atoms in total. The maximum absolute atomic E-state index is 5.78. The predicted molar refractivity (Wildman–Crippen MR) is 70.9 cm³/mol. The number of aromatic nitrogens is 2. The lowest BCUT2D eigenvalue weighted by atomic mass is 9.87. The van der Waals surface area contributed by atoms with Gasteiger partial charge in [-0.25, -0.2) is 9.97 Å². The molecule has 3 N–H and O–H groups in total. The smallest absolute Gasteiger partial charge is 0.132 e. The molecule has 0 bridgehead atoms. The van der Waals surface area contributed by atoms with Gasteiger partial charge in [-0.2, -0.15) is 0 Å². The van der Waals surface area contributed by atoms with Crippen LogP contribution in [0.1, 0.15) is 45.4 Å². The molecule has 2 rings (SSSR count). The van der Waals surface area contributed by atoms with Crippen molar-refractivity contribution in [2.24, 2.45) is 5.92 Å². The zero-order valence-electron chi connectivity index (χ0n) is 10.7. The first-order chi connectivity index (χ1) is 8.17. The molecule has 1 saturated carbocycles. The molecule has 1 aliphatic carbocycles. The molecule has 0 saturated heterocycles. The van der Waals surface area contributed by atoms with Crippen molar-refractivity contribution in [3.63, 3.8) is 0 Å². The number of aryl methyl sites for hydroxylation is 1. The van der Waals surface area contributed by atoms with Crippen LogP contribution >= 0.6 is 0 Å². The van der Waals surface area contributed by atoms with Crippen LogP contribution in [0.25, 0.3) is 0 Å². The topological polar surface area (TPSA) is 63.8 Å². The molecule has 2 unspecified atom stereocenters. The lowest BCUT2D eigenvalue weighted by Crippen LogP contribution is -2.26. The summed E-state index contributed by atoms with van der Waals surface area (Å²) in [5.74, 6) is 3.07. The summed E-state index contributed by atoms with van der Waals surface area (Å²) < 4.78 is 0. The zero-order valence-corrected chi connectivity index (χ0v) is 10.7. The highest BCUT2D eigenvalue weighted by atomic mass is 15.1. The molecule has 94 valence electrons. The van der Waals surface area contributed by atoms with Gasteiger partial charge in [0.05, 0.1) is 0 Å². The number of rotatable bonds is 3. The first kappa shape index (κ1) is 12.1. The van der Waals surface area contributed by atoms with E-state index in [1.165, 1.54) is 25.7 Å². The summed E-state index contributed by atoms with van der Waals surface area (Å²) in [6.07, 6.45) is 5.94. The number of hydrogen-bond acceptors (Lipinski definition) is 4. The van der Waals surface area contributed by atoms with Crippen LogP contribution in [0.3, 0.4) is 0 Å². The van der Waals surface area contributed by atoms with Gasteiger partial charge in [0.25, 0.3) is 0 Å². The second-order valence-corrected chi connectivity index (χ2v) is 5.06. The van der Waals surface area contributed by atoms with Crippen LogP contribution in [0.2, 0.25) is 0 Å². The molecule has 1 aromatic rings. The summed E-state index contributed by atoms with van der Waals surface area (Å²) in [5, 5.41) is 3.50. The Kier molecular flexibility index (Phi) is 3.82. The number of nitrogens with one attached hydrogen (secondary N) is 1. The molecule has 0 aliphatic heterocycles. The van der Waals surface area contributed by atoms with Gasteiger partial charge in [0.2, 0.25) is 0 Å². The van der Waals surface area contributed by atoms with Gasteiger partial charge in [0.15, 0.2) is 0 Å². The van der Waals surface area contributed by atoms with Crippen LogP contribution in [-0.4, -0.2) is 16.0 Å². The lowest BCUT2D eigenvalue weighted by molar-refractivity contribution is 0.358. The van der Waals surface area contributed by atoms with E-state index in [-0.39, 0.29) is 0 Å². The molecule has 2 atom stereocenters. The van der Waals surface area contributed by atoms with Crippen molar-refractivity contribution in [3.8, 4) is 0 Å². The van der Waals surface area contributed by atoms with Gasteiger partial charge < -0.3 is 11.1 Å². The summed E-state index contributed by atoms with van der Waals surface area (Å²) in [6.45, 7) is 4.36. The summed E-state index contributed by atoms with van der Waals surface area (Å²) in [4.78, 5) is 8.66. The minimum Gasteiger partial charge on any atom is -0.384 e. The first-order valence-electron chi connectivity index (χ1n) is 6.57. The Bertz CT molecular complexity index is 378. The molecular formula is C13H22N4. The van der Waals surface area contributed by atoms with Gasteiger partial charge in [-0.1, -0.05) is 26.7 Å². The summed E-state index contributed by atoms with van der Waals surface area (Å²) in [5.41, 5.74) is 5.78. The Morgan fingerprint density at radius 1 is 1.41 bits per heavy atom. The normalized spacial score (nSPS) is 24.6. The first-order valence-corrected chi connectivity index (χ1v) is 6.57. The Hall–Kier alpha value is -1.32. The SMILES string of the molecule is CCc1nc(N)cc(NC2CCCC(C)C2)n1. The molecule has 0 aromatic carbocycles. The number of hydrogen-bond donors (Lipinski definition) is 2. The monoisotopic (exact) mass is 234 g/mol. The van der Waals surface area contributed by atoms with Crippen LogP contribution in [0.5, 0.6) is 0 Å². The Morgan fingerprint density at radius 3 is 2.94 bits per heavy atom. The lowest BCUT2D eigenvalue weighted by Gasteiger charge is -2.27. The minimum atomic E-state index is 0.540. The van der Waals surface area contributed by atoms with E-state index < -0.39 is 0 Å². The average Bonchev–Trinajstić information content (AvgIpc) is 2.28. The molecule has 4 heteroatoms. The van der Waals surface area contributed by atoms with Gasteiger partial charge in [-0.05, 0) is 18.8 Å². The molecule has 17 heavy (non-hydrogen) atoms. The van der Waals surface area contributed by atoms with E-state index in [4.69, 9.17) is 5.73 Å². The number of nitrogens with two attached hydrogens (primary N) is 1.